The predicted octanol–water partition coefficient (Wildman–Crippen LogP) is 5.31. The Morgan fingerprint density at radius 2 is 1.92 bits per heavy atom. The van der Waals surface area contributed by atoms with Crippen LogP contribution >= 0.6 is 10.6 Å². The molecule has 3 N–H and O–H groups in total. The summed E-state index contributed by atoms with van der Waals surface area (Å²) in [5, 5.41) is 14.7. The molecule has 0 aliphatic carbocycles. The lowest BCUT2D eigenvalue weighted by Crippen LogP contribution is -2.35. The number of benzene rings is 1. The summed E-state index contributed by atoms with van der Waals surface area (Å²) < 4.78 is 41.1. The van der Waals surface area contributed by atoms with Gasteiger partial charge < -0.3 is 9.52 Å². The van der Waals surface area contributed by atoms with E-state index >= 15 is 0 Å². The average Bonchev–Trinajstić information content (AvgIpc) is 3.48. The van der Waals surface area contributed by atoms with Crippen LogP contribution in [0.4, 0.5) is 9.18 Å². The minimum absolute atomic E-state index is 0.172. The van der Waals surface area contributed by atoms with Crippen molar-refractivity contribution in [2.75, 3.05) is 18.1 Å². The van der Waals surface area contributed by atoms with Gasteiger partial charge in [0.2, 0.25) is 5.71 Å². The molecule has 1 fully saturated rings. The van der Waals surface area contributed by atoms with Gasteiger partial charge in [-0.05, 0) is 43.2 Å². The summed E-state index contributed by atoms with van der Waals surface area (Å²) in [5.41, 5.74) is 3.56. The number of carbonyl (C=O) groups is 1. The van der Waals surface area contributed by atoms with Crippen LogP contribution in [0.3, 0.4) is 0 Å². The van der Waals surface area contributed by atoms with E-state index in [-0.39, 0.29) is 23.4 Å². The van der Waals surface area contributed by atoms with Gasteiger partial charge in [0.1, 0.15) is 23.6 Å². The van der Waals surface area contributed by atoms with Crippen molar-refractivity contribution in [3.8, 4) is 22.5 Å². The Balaban J connectivity index is 1.47. The molecular formula is C24H22FN5O5S. The highest BCUT2D eigenvalue weighted by atomic mass is 32.3. The molecule has 10 nitrogen and oxygen atoms in total. The van der Waals surface area contributed by atoms with Crippen LogP contribution in [0.25, 0.3) is 39.2 Å². The first-order valence-electron chi connectivity index (χ1n) is 11.3. The Morgan fingerprint density at radius 1 is 1.14 bits per heavy atom. The molecule has 6 rings (SSSR count). The molecule has 2 aliphatic heterocycles. The molecule has 0 spiro atoms. The number of aromatic nitrogens is 4. The van der Waals surface area contributed by atoms with Crippen LogP contribution in [0.5, 0.6) is 0 Å². The van der Waals surface area contributed by atoms with Crippen molar-refractivity contribution in [3.63, 3.8) is 0 Å². The molecule has 36 heavy (non-hydrogen) atoms. The predicted molar refractivity (Wildman–Crippen MR) is 132 cm³/mol. The summed E-state index contributed by atoms with van der Waals surface area (Å²) in [4.78, 5) is 21.4. The van der Waals surface area contributed by atoms with Crippen molar-refractivity contribution in [2.45, 2.75) is 18.9 Å². The molecule has 186 valence electrons. The second kappa shape index (κ2) is 8.43. The number of halogens is 1. The molecule has 0 bridgehead atoms. The van der Waals surface area contributed by atoms with Crippen LogP contribution in [0.15, 0.2) is 53.5 Å². The first-order chi connectivity index (χ1) is 17.3. The van der Waals surface area contributed by atoms with Crippen LogP contribution in [0.2, 0.25) is 0 Å². The zero-order valence-electron chi connectivity index (χ0n) is 18.9. The molecule has 12 heteroatoms. The van der Waals surface area contributed by atoms with Gasteiger partial charge in [-0.2, -0.15) is 15.7 Å². The van der Waals surface area contributed by atoms with Crippen molar-refractivity contribution >= 4 is 33.4 Å². The van der Waals surface area contributed by atoms with Gasteiger partial charge in [-0.3, -0.25) is 18.7 Å². The molecule has 0 radical (unpaired) electrons. The maximum Gasteiger partial charge on any atom is 0.411 e. The van der Waals surface area contributed by atoms with Crippen molar-refractivity contribution < 1.29 is 27.8 Å². The number of amides is 1. The monoisotopic (exact) mass is 511 g/mol. The largest absolute Gasteiger partial charge is 0.465 e. The minimum atomic E-state index is -2.57. The van der Waals surface area contributed by atoms with Crippen LogP contribution in [-0.4, -0.2) is 63.0 Å². The van der Waals surface area contributed by atoms with Gasteiger partial charge in [-0.1, -0.05) is 0 Å². The SMILES string of the molecule is O=C(O)N1C=C(c2cc3c(-c4cn(C5CS(O)(O)C5)nc4-c4ccc(F)cc4)ncnc3o2)CCC1. The summed E-state index contributed by atoms with van der Waals surface area (Å²) >= 11 is 0. The lowest BCUT2D eigenvalue weighted by molar-refractivity contribution is 0.161. The van der Waals surface area contributed by atoms with E-state index in [2.05, 4.69) is 9.97 Å². The van der Waals surface area contributed by atoms with Gasteiger partial charge in [0.15, 0.2) is 0 Å². The molecule has 0 atom stereocenters. The molecule has 0 saturated carbocycles. The first-order valence-corrected chi connectivity index (χ1v) is 13.2. The number of nitrogens with zero attached hydrogens (tertiary/aromatic N) is 5. The van der Waals surface area contributed by atoms with Crippen LogP contribution < -0.4 is 0 Å². The molecule has 3 aromatic heterocycles. The van der Waals surface area contributed by atoms with Crippen LogP contribution in [0.1, 0.15) is 24.6 Å². The molecule has 1 saturated heterocycles. The average molecular weight is 512 g/mol. The highest BCUT2D eigenvalue weighted by Gasteiger charge is 2.36. The summed E-state index contributed by atoms with van der Waals surface area (Å²) in [6.45, 7) is 0.427. The fourth-order valence-corrected chi connectivity index (χ4v) is 6.06. The second-order valence-electron chi connectivity index (χ2n) is 8.95. The van der Waals surface area contributed by atoms with Gasteiger partial charge >= 0.3 is 6.09 Å². The minimum Gasteiger partial charge on any atom is -0.465 e. The van der Waals surface area contributed by atoms with E-state index in [1.165, 1.54) is 23.4 Å². The Hall–Kier alpha value is -3.74. The third-order valence-electron chi connectivity index (χ3n) is 6.45. The molecule has 1 aromatic carbocycles. The van der Waals surface area contributed by atoms with Crippen molar-refractivity contribution in [1.29, 1.82) is 0 Å². The molecule has 0 unspecified atom stereocenters. The number of furan rings is 1. The van der Waals surface area contributed by atoms with Gasteiger partial charge in [-0.15, -0.1) is 0 Å². The summed E-state index contributed by atoms with van der Waals surface area (Å²) in [7, 11) is -2.57. The number of hydrogen-bond donors (Lipinski definition) is 3. The van der Waals surface area contributed by atoms with E-state index in [1.807, 2.05) is 0 Å². The van der Waals surface area contributed by atoms with E-state index in [0.29, 0.717) is 58.8 Å². The maximum atomic E-state index is 13.6. The normalized spacial score (nSPS) is 18.6. The molecule has 2 aliphatic rings. The van der Waals surface area contributed by atoms with Crippen molar-refractivity contribution in [1.82, 2.24) is 24.6 Å². The highest BCUT2D eigenvalue weighted by Crippen LogP contribution is 2.54. The van der Waals surface area contributed by atoms with E-state index < -0.39 is 16.7 Å². The third kappa shape index (κ3) is 4.02. The van der Waals surface area contributed by atoms with Crippen molar-refractivity contribution in [3.05, 3.63) is 60.6 Å². The number of rotatable bonds is 4. The Labute approximate surface area is 206 Å². The fourth-order valence-electron chi connectivity index (χ4n) is 4.62. The smallest absolute Gasteiger partial charge is 0.411 e. The summed E-state index contributed by atoms with van der Waals surface area (Å²) in [6, 6.07) is 7.60. The number of hydrogen-bond acceptors (Lipinski definition) is 7. The first kappa shape index (κ1) is 22.7. The summed E-state index contributed by atoms with van der Waals surface area (Å²) in [6.07, 6.45) is 5.09. The lowest BCUT2D eigenvalue weighted by atomic mass is 10.0. The van der Waals surface area contributed by atoms with Gasteiger partial charge in [0.25, 0.3) is 0 Å². The standard InChI is InChI=1S/C24H22FN5O5S/c25-16-5-3-14(4-6-16)21-19(10-30(28-21)17-11-36(33,34)12-17)22-18-8-20(35-23(18)27-13-26-22)15-2-1-7-29(9-15)24(31)32/h3-6,8-10,13,17,33-34H,1-2,7,11-12H2,(H,31,32). The molecule has 4 aromatic rings. The Bertz CT molecular complexity index is 1510. The zero-order valence-corrected chi connectivity index (χ0v) is 19.7. The maximum absolute atomic E-state index is 13.6. The second-order valence-corrected chi connectivity index (χ2v) is 11.2. The Morgan fingerprint density at radius 3 is 2.64 bits per heavy atom. The van der Waals surface area contributed by atoms with Crippen molar-refractivity contribution in [2.24, 2.45) is 0 Å². The van der Waals surface area contributed by atoms with E-state index in [4.69, 9.17) is 9.52 Å². The third-order valence-corrected chi connectivity index (χ3v) is 8.28. The lowest BCUT2D eigenvalue weighted by Gasteiger charge is -2.46. The van der Waals surface area contributed by atoms with E-state index in [1.54, 1.807) is 35.3 Å². The Kier molecular flexibility index (Phi) is 5.32. The van der Waals surface area contributed by atoms with Gasteiger partial charge in [-0.25, -0.2) is 19.2 Å². The van der Waals surface area contributed by atoms with Crippen LogP contribution in [-0.2, 0) is 0 Å². The molecule has 1 amide bonds. The van der Waals surface area contributed by atoms with Crippen LogP contribution in [0, 0.1) is 5.82 Å². The molecule has 5 heterocycles. The number of fused-ring (bicyclic) bond motifs is 1. The summed E-state index contributed by atoms with van der Waals surface area (Å²) in [5.74, 6) is 0.592. The number of allylic oxidation sites excluding steroid dienone is 1. The van der Waals surface area contributed by atoms with Gasteiger partial charge in [0.05, 0.1) is 28.6 Å². The van der Waals surface area contributed by atoms with E-state index in [9.17, 15) is 23.4 Å². The van der Waals surface area contributed by atoms with Gasteiger partial charge in [0, 0.05) is 35.6 Å². The number of carboxylic acid groups (broad SMARTS) is 1. The topological polar surface area (TPSA) is 138 Å². The fraction of sp³-hybridized carbons (Fsp3) is 0.250. The quantitative estimate of drug-likeness (QED) is 0.335. The highest BCUT2D eigenvalue weighted by molar-refractivity contribution is 8.25. The zero-order chi connectivity index (χ0) is 25.0. The van der Waals surface area contributed by atoms with E-state index in [0.717, 1.165) is 5.57 Å². The molecular weight excluding hydrogens is 489 g/mol.